The highest BCUT2D eigenvalue weighted by Gasteiger charge is 2.30. The zero-order valence-electron chi connectivity index (χ0n) is 9.05. The molecule has 0 saturated carbocycles. The van der Waals surface area contributed by atoms with E-state index in [2.05, 4.69) is 19.9 Å². The Bertz CT molecular complexity index is 253. The van der Waals surface area contributed by atoms with Crippen LogP contribution < -0.4 is 0 Å². The zero-order chi connectivity index (χ0) is 10.6. The molecule has 1 amide bonds. The lowest BCUT2D eigenvalue weighted by atomic mass is 9.82. The lowest BCUT2D eigenvalue weighted by Gasteiger charge is -2.36. The summed E-state index contributed by atoms with van der Waals surface area (Å²) in [4.78, 5) is 13.5. The van der Waals surface area contributed by atoms with E-state index in [9.17, 15) is 4.79 Å². The first-order chi connectivity index (χ1) is 6.55. The summed E-state index contributed by atoms with van der Waals surface area (Å²) in [5.41, 5.74) is 0.169. The fourth-order valence-electron chi connectivity index (χ4n) is 1.76. The molecule has 1 fully saturated rings. The van der Waals surface area contributed by atoms with Crippen molar-refractivity contribution in [2.75, 3.05) is 13.1 Å². The van der Waals surface area contributed by atoms with Gasteiger partial charge in [-0.2, -0.15) is 5.26 Å². The van der Waals surface area contributed by atoms with Crippen LogP contribution in [0.5, 0.6) is 0 Å². The Kier molecular flexibility index (Phi) is 3.51. The number of likely N-dealkylation sites (tertiary alicyclic amines) is 1. The zero-order valence-corrected chi connectivity index (χ0v) is 9.05. The number of hydrogen-bond acceptors (Lipinski definition) is 2. The lowest BCUT2D eigenvalue weighted by Crippen LogP contribution is -2.42. The van der Waals surface area contributed by atoms with Crippen LogP contribution in [0.25, 0.3) is 0 Å². The van der Waals surface area contributed by atoms with Gasteiger partial charge < -0.3 is 4.90 Å². The Hall–Kier alpha value is -1.04. The number of amides is 1. The first-order valence-corrected chi connectivity index (χ1v) is 5.20. The second kappa shape index (κ2) is 4.45. The van der Waals surface area contributed by atoms with Gasteiger partial charge in [-0.25, -0.2) is 0 Å². The molecule has 1 saturated heterocycles. The summed E-state index contributed by atoms with van der Waals surface area (Å²) in [5, 5.41) is 8.39. The highest BCUT2D eigenvalue weighted by Crippen LogP contribution is 2.30. The van der Waals surface area contributed by atoms with Crippen LogP contribution >= 0.6 is 0 Å². The van der Waals surface area contributed by atoms with Crippen molar-refractivity contribution in [2.45, 2.75) is 39.5 Å². The number of hydrogen-bond donors (Lipinski definition) is 0. The van der Waals surface area contributed by atoms with Gasteiger partial charge in [-0.3, -0.25) is 4.79 Å². The number of nitriles is 1. The number of unbranched alkanes of at least 4 members (excludes halogenated alkanes) is 1. The molecule has 0 atom stereocenters. The van der Waals surface area contributed by atoms with E-state index >= 15 is 0 Å². The molecule has 0 radical (unpaired) electrons. The predicted octanol–water partition coefficient (Wildman–Crippen LogP) is 1.94. The van der Waals surface area contributed by atoms with Crippen LogP contribution in [0.2, 0.25) is 0 Å². The van der Waals surface area contributed by atoms with Gasteiger partial charge in [0, 0.05) is 25.9 Å². The number of carbonyl (C=O) groups excluding carboxylic acids is 1. The normalized spacial score (nSPS) is 20.6. The molecule has 3 nitrogen and oxygen atoms in total. The van der Waals surface area contributed by atoms with E-state index in [0.29, 0.717) is 12.8 Å². The largest absolute Gasteiger partial charge is 0.343 e. The first-order valence-electron chi connectivity index (χ1n) is 5.20. The Labute approximate surface area is 85.7 Å². The Morgan fingerprint density at radius 3 is 2.86 bits per heavy atom. The third-order valence-electron chi connectivity index (χ3n) is 2.76. The highest BCUT2D eigenvalue weighted by atomic mass is 16.2. The van der Waals surface area contributed by atoms with E-state index in [4.69, 9.17) is 5.26 Å². The van der Waals surface area contributed by atoms with Crippen LogP contribution in [-0.2, 0) is 4.79 Å². The van der Waals surface area contributed by atoms with Crippen molar-refractivity contribution < 1.29 is 4.79 Å². The van der Waals surface area contributed by atoms with Gasteiger partial charge in [0.2, 0.25) is 5.91 Å². The average molecular weight is 194 g/mol. The molecule has 1 heterocycles. The SMILES string of the molecule is CC1(C)CCN(CCCC#N)C(=O)C1. The number of rotatable bonds is 3. The van der Waals surface area contributed by atoms with Crippen molar-refractivity contribution in [2.24, 2.45) is 5.41 Å². The molecule has 0 unspecified atom stereocenters. The Morgan fingerprint density at radius 2 is 2.29 bits per heavy atom. The minimum Gasteiger partial charge on any atom is -0.343 e. The van der Waals surface area contributed by atoms with Gasteiger partial charge in [0.1, 0.15) is 0 Å². The summed E-state index contributed by atoms with van der Waals surface area (Å²) in [6.07, 6.45) is 3.08. The quantitative estimate of drug-likeness (QED) is 0.644. The van der Waals surface area contributed by atoms with Gasteiger partial charge >= 0.3 is 0 Å². The van der Waals surface area contributed by atoms with E-state index in [0.717, 1.165) is 25.9 Å². The van der Waals surface area contributed by atoms with E-state index in [1.54, 1.807) is 0 Å². The molecule has 0 aliphatic carbocycles. The summed E-state index contributed by atoms with van der Waals surface area (Å²) in [7, 11) is 0. The molecule has 1 aliphatic rings. The van der Waals surface area contributed by atoms with Crippen LogP contribution in [0.15, 0.2) is 0 Å². The van der Waals surface area contributed by atoms with Crippen LogP contribution in [0, 0.1) is 16.7 Å². The molecule has 0 aromatic carbocycles. The molecule has 3 heteroatoms. The second-order valence-corrected chi connectivity index (χ2v) is 4.73. The van der Waals surface area contributed by atoms with Gasteiger partial charge in [0.05, 0.1) is 6.07 Å². The number of carbonyl (C=O) groups is 1. The maximum atomic E-state index is 11.6. The Morgan fingerprint density at radius 1 is 1.57 bits per heavy atom. The monoisotopic (exact) mass is 194 g/mol. The Balaban J connectivity index is 2.36. The van der Waals surface area contributed by atoms with Crippen molar-refractivity contribution >= 4 is 5.91 Å². The van der Waals surface area contributed by atoms with E-state index < -0.39 is 0 Å². The minimum absolute atomic E-state index is 0.169. The van der Waals surface area contributed by atoms with Crippen LogP contribution in [0.1, 0.15) is 39.5 Å². The molecule has 0 aromatic rings. The molecular formula is C11H18N2O. The predicted molar refractivity (Wildman–Crippen MR) is 54.4 cm³/mol. The van der Waals surface area contributed by atoms with E-state index in [-0.39, 0.29) is 11.3 Å². The third kappa shape index (κ3) is 3.02. The molecular weight excluding hydrogens is 176 g/mol. The first kappa shape index (κ1) is 11.0. The summed E-state index contributed by atoms with van der Waals surface area (Å²) in [6.45, 7) is 5.88. The molecule has 1 rings (SSSR count). The molecule has 0 N–H and O–H groups in total. The van der Waals surface area contributed by atoms with E-state index in [1.165, 1.54) is 0 Å². The van der Waals surface area contributed by atoms with Crippen molar-refractivity contribution in [3.8, 4) is 6.07 Å². The minimum atomic E-state index is 0.169. The summed E-state index contributed by atoms with van der Waals surface area (Å²) in [5.74, 6) is 0.249. The fraction of sp³-hybridized carbons (Fsp3) is 0.818. The summed E-state index contributed by atoms with van der Waals surface area (Å²) >= 11 is 0. The topological polar surface area (TPSA) is 44.1 Å². The van der Waals surface area contributed by atoms with Crippen LogP contribution in [0.4, 0.5) is 0 Å². The molecule has 0 aromatic heterocycles. The summed E-state index contributed by atoms with van der Waals surface area (Å²) < 4.78 is 0. The van der Waals surface area contributed by atoms with Gasteiger partial charge in [-0.05, 0) is 18.3 Å². The number of nitrogens with zero attached hydrogens (tertiary/aromatic N) is 2. The van der Waals surface area contributed by atoms with Gasteiger partial charge in [-0.1, -0.05) is 13.8 Å². The van der Waals surface area contributed by atoms with Crippen molar-refractivity contribution in [1.82, 2.24) is 4.90 Å². The summed E-state index contributed by atoms with van der Waals surface area (Å²) in [6, 6.07) is 2.10. The maximum absolute atomic E-state index is 11.6. The highest BCUT2D eigenvalue weighted by molar-refractivity contribution is 5.77. The van der Waals surface area contributed by atoms with Gasteiger partial charge in [0.25, 0.3) is 0 Å². The van der Waals surface area contributed by atoms with E-state index in [1.807, 2.05) is 4.90 Å². The standard InChI is InChI=1S/C11H18N2O/c1-11(2)5-8-13(10(14)9-11)7-4-3-6-12/h3-5,7-9H2,1-2H3. The average Bonchev–Trinajstić information content (AvgIpc) is 2.08. The lowest BCUT2D eigenvalue weighted by molar-refractivity contribution is -0.137. The second-order valence-electron chi connectivity index (χ2n) is 4.73. The van der Waals surface area contributed by atoms with Gasteiger partial charge in [0.15, 0.2) is 0 Å². The van der Waals surface area contributed by atoms with Gasteiger partial charge in [-0.15, -0.1) is 0 Å². The van der Waals surface area contributed by atoms with Crippen LogP contribution in [0.3, 0.4) is 0 Å². The molecule has 1 aliphatic heterocycles. The van der Waals surface area contributed by atoms with Crippen LogP contribution in [-0.4, -0.2) is 23.9 Å². The number of piperidine rings is 1. The molecule has 0 bridgehead atoms. The molecule has 78 valence electrons. The third-order valence-corrected chi connectivity index (χ3v) is 2.76. The fourth-order valence-corrected chi connectivity index (χ4v) is 1.76. The van der Waals surface area contributed by atoms with Crippen molar-refractivity contribution in [3.05, 3.63) is 0 Å². The smallest absolute Gasteiger partial charge is 0.223 e. The molecule has 14 heavy (non-hydrogen) atoms. The molecule has 0 spiro atoms. The van der Waals surface area contributed by atoms with Crippen molar-refractivity contribution in [1.29, 1.82) is 5.26 Å². The maximum Gasteiger partial charge on any atom is 0.223 e. The van der Waals surface area contributed by atoms with Crippen molar-refractivity contribution in [3.63, 3.8) is 0 Å².